The fourth-order valence-corrected chi connectivity index (χ4v) is 2.24. The second-order valence-corrected chi connectivity index (χ2v) is 4.20. The summed E-state index contributed by atoms with van der Waals surface area (Å²) >= 11 is 0. The van der Waals surface area contributed by atoms with Gasteiger partial charge in [0.15, 0.2) is 0 Å². The average molecular weight is 247 g/mol. The zero-order valence-corrected chi connectivity index (χ0v) is 9.15. The van der Waals surface area contributed by atoms with Crippen molar-refractivity contribution in [3.05, 3.63) is 35.1 Å². The summed E-state index contributed by atoms with van der Waals surface area (Å²) in [7, 11) is 0. The number of hydrogen-bond acceptors (Lipinski definition) is 1. The lowest BCUT2D eigenvalue weighted by atomic mass is 9.93. The van der Waals surface area contributed by atoms with E-state index in [1.807, 2.05) is 0 Å². The number of hydrogen-bond donors (Lipinski definition) is 1. The Morgan fingerprint density at radius 3 is 2.53 bits per heavy atom. The van der Waals surface area contributed by atoms with Gasteiger partial charge in [-0.15, -0.1) is 0 Å². The first-order valence-corrected chi connectivity index (χ1v) is 5.59. The predicted octanol–water partition coefficient (Wildman–Crippen LogP) is 3.66. The third kappa shape index (κ3) is 2.60. The van der Waals surface area contributed by atoms with E-state index >= 15 is 0 Å². The summed E-state index contributed by atoms with van der Waals surface area (Å²) in [4.78, 5) is 0. The molecule has 1 atom stereocenters. The van der Waals surface area contributed by atoms with Crippen LogP contribution in [0.3, 0.4) is 0 Å². The third-order valence-corrected chi connectivity index (χ3v) is 3.02. The van der Waals surface area contributed by atoms with Crippen molar-refractivity contribution in [1.29, 1.82) is 0 Å². The van der Waals surface area contributed by atoms with Gasteiger partial charge < -0.3 is 5.32 Å². The van der Waals surface area contributed by atoms with E-state index in [2.05, 4.69) is 5.32 Å². The molecule has 0 aromatic heterocycles. The fraction of sp³-hybridized carbons (Fsp3) is 0.500. The van der Waals surface area contributed by atoms with E-state index in [0.717, 1.165) is 31.0 Å². The minimum Gasteiger partial charge on any atom is -0.310 e. The number of nitrogens with one attached hydrogen (secondary N) is 1. The molecule has 1 nitrogen and oxygen atoms in total. The highest BCUT2D eigenvalue weighted by atomic mass is 19.4. The molecule has 94 valence electrons. The van der Waals surface area contributed by atoms with Crippen molar-refractivity contribution in [3.8, 4) is 0 Å². The molecule has 1 aliphatic heterocycles. The first-order chi connectivity index (χ1) is 8.00. The van der Waals surface area contributed by atoms with Gasteiger partial charge in [-0.1, -0.05) is 12.5 Å². The Bertz CT molecular complexity index is 394. The molecule has 1 heterocycles. The molecule has 2 rings (SSSR count). The van der Waals surface area contributed by atoms with Crippen molar-refractivity contribution in [1.82, 2.24) is 5.32 Å². The van der Waals surface area contributed by atoms with Gasteiger partial charge in [0.05, 0.1) is 5.56 Å². The quantitative estimate of drug-likeness (QED) is 0.747. The summed E-state index contributed by atoms with van der Waals surface area (Å²) in [6.07, 6.45) is -2.21. The lowest BCUT2D eigenvalue weighted by Crippen LogP contribution is -2.29. The van der Waals surface area contributed by atoms with Gasteiger partial charge in [0.2, 0.25) is 0 Å². The van der Waals surface area contributed by atoms with Crippen molar-refractivity contribution < 1.29 is 17.6 Å². The van der Waals surface area contributed by atoms with Crippen LogP contribution >= 0.6 is 0 Å². The summed E-state index contributed by atoms with van der Waals surface area (Å²) in [6.45, 7) is 0.635. The molecule has 1 aromatic rings. The van der Waals surface area contributed by atoms with Crippen LogP contribution in [0.1, 0.15) is 36.4 Å². The van der Waals surface area contributed by atoms with Crippen molar-refractivity contribution >= 4 is 0 Å². The summed E-state index contributed by atoms with van der Waals surface area (Å²) < 4.78 is 52.0. The first-order valence-electron chi connectivity index (χ1n) is 5.59. The number of halogens is 4. The molecule has 1 fully saturated rings. The van der Waals surface area contributed by atoms with Crippen molar-refractivity contribution in [2.24, 2.45) is 0 Å². The minimum absolute atomic E-state index is 0.236. The first kappa shape index (κ1) is 12.4. The molecule has 0 aliphatic carbocycles. The van der Waals surface area contributed by atoms with Crippen LogP contribution in [0.15, 0.2) is 18.2 Å². The molecular formula is C12H13F4N. The van der Waals surface area contributed by atoms with Crippen molar-refractivity contribution in [3.63, 3.8) is 0 Å². The van der Waals surface area contributed by atoms with E-state index in [0.29, 0.717) is 13.0 Å². The van der Waals surface area contributed by atoms with Gasteiger partial charge >= 0.3 is 6.18 Å². The standard InChI is InChI=1S/C12H13F4N/c13-9-5-3-4-8(12(14,15)16)11(9)10-6-1-2-7-17-10/h3-5,10,17H,1-2,6-7H2/t10-/m0/s1. The van der Waals surface area contributed by atoms with E-state index < -0.39 is 23.6 Å². The van der Waals surface area contributed by atoms with Crippen LogP contribution < -0.4 is 5.32 Å². The van der Waals surface area contributed by atoms with E-state index in [-0.39, 0.29) is 5.56 Å². The smallest absolute Gasteiger partial charge is 0.310 e. The topological polar surface area (TPSA) is 12.0 Å². The summed E-state index contributed by atoms with van der Waals surface area (Å²) in [5.41, 5.74) is -1.10. The van der Waals surface area contributed by atoms with E-state index in [1.165, 1.54) is 0 Å². The zero-order valence-electron chi connectivity index (χ0n) is 9.15. The molecule has 1 N–H and O–H groups in total. The summed E-state index contributed by atoms with van der Waals surface area (Å²) in [5.74, 6) is -0.778. The average Bonchev–Trinajstić information content (AvgIpc) is 2.28. The van der Waals surface area contributed by atoms with Gasteiger partial charge in [0.1, 0.15) is 5.82 Å². The maximum absolute atomic E-state index is 13.6. The number of rotatable bonds is 1. The van der Waals surface area contributed by atoms with Gasteiger partial charge in [0, 0.05) is 11.6 Å². The van der Waals surface area contributed by atoms with Crippen LogP contribution in [0.4, 0.5) is 17.6 Å². The molecule has 0 spiro atoms. The highest BCUT2D eigenvalue weighted by molar-refractivity contribution is 5.34. The number of piperidine rings is 1. The number of benzene rings is 1. The predicted molar refractivity (Wildman–Crippen MR) is 56.0 cm³/mol. The maximum atomic E-state index is 13.6. The Balaban J connectivity index is 2.43. The maximum Gasteiger partial charge on any atom is 0.416 e. The van der Waals surface area contributed by atoms with Crippen LogP contribution in [-0.2, 0) is 6.18 Å². The summed E-state index contributed by atoms with van der Waals surface area (Å²) in [5, 5.41) is 2.95. The van der Waals surface area contributed by atoms with Gasteiger partial charge in [-0.2, -0.15) is 13.2 Å². The molecule has 1 aliphatic rings. The highest BCUT2D eigenvalue weighted by Crippen LogP contribution is 2.37. The Hall–Kier alpha value is -1.10. The second kappa shape index (κ2) is 4.64. The second-order valence-electron chi connectivity index (χ2n) is 4.20. The van der Waals surface area contributed by atoms with Crippen molar-refractivity contribution in [2.45, 2.75) is 31.5 Å². The third-order valence-electron chi connectivity index (χ3n) is 3.02. The van der Waals surface area contributed by atoms with Crippen LogP contribution in [-0.4, -0.2) is 6.54 Å². The molecule has 0 radical (unpaired) electrons. The summed E-state index contributed by atoms with van der Waals surface area (Å²) in [6, 6.07) is 2.60. The Labute approximate surface area is 96.8 Å². The van der Waals surface area contributed by atoms with E-state index in [1.54, 1.807) is 0 Å². The van der Waals surface area contributed by atoms with Gasteiger partial charge in [-0.25, -0.2) is 4.39 Å². The van der Waals surface area contributed by atoms with Crippen LogP contribution in [0.2, 0.25) is 0 Å². The van der Waals surface area contributed by atoms with E-state index in [4.69, 9.17) is 0 Å². The Morgan fingerprint density at radius 2 is 1.94 bits per heavy atom. The molecule has 0 saturated carbocycles. The fourth-order valence-electron chi connectivity index (χ4n) is 2.24. The van der Waals surface area contributed by atoms with Crippen LogP contribution in [0.5, 0.6) is 0 Å². The zero-order chi connectivity index (χ0) is 12.5. The van der Waals surface area contributed by atoms with Crippen LogP contribution in [0, 0.1) is 5.82 Å². The van der Waals surface area contributed by atoms with Gasteiger partial charge in [-0.05, 0) is 31.5 Å². The molecule has 0 unspecified atom stereocenters. The largest absolute Gasteiger partial charge is 0.416 e. The normalized spacial score (nSPS) is 21.5. The van der Waals surface area contributed by atoms with Gasteiger partial charge in [0.25, 0.3) is 0 Å². The molecule has 17 heavy (non-hydrogen) atoms. The minimum atomic E-state index is -4.50. The Morgan fingerprint density at radius 1 is 1.18 bits per heavy atom. The Kier molecular flexibility index (Phi) is 3.38. The SMILES string of the molecule is Fc1cccc(C(F)(F)F)c1[C@@H]1CCCCN1. The molecule has 0 amide bonds. The molecule has 0 bridgehead atoms. The van der Waals surface area contributed by atoms with Crippen molar-refractivity contribution in [2.75, 3.05) is 6.54 Å². The molecule has 1 saturated heterocycles. The highest BCUT2D eigenvalue weighted by Gasteiger charge is 2.36. The lowest BCUT2D eigenvalue weighted by molar-refractivity contribution is -0.138. The number of alkyl halides is 3. The van der Waals surface area contributed by atoms with Crippen LogP contribution in [0.25, 0.3) is 0 Å². The van der Waals surface area contributed by atoms with Gasteiger partial charge in [-0.3, -0.25) is 0 Å². The lowest BCUT2D eigenvalue weighted by Gasteiger charge is -2.26. The monoisotopic (exact) mass is 247 g/mol. The van der Waals surface area contributed by atoms with E-state index in [9.17, 15) is 17.6 Å². The molecule has 5 heteroatoms. The molecular weight excluding hydrogens is 234 g/mol. The molecule has 1 aromatic carbocycles.